The Morgan fingerprint density at radius 2 is 1.59 bits per heavy atom. The largest absolute Gasteiger partial charge is 0.496 e. The van der Waals surface area contributed by atoms with Crippen molar-refractivity contribution in [1.29, 1.82) is 0 Å². The zero-order valence-electron chi connectivity index (χ0n) is 15.6. The number of carbonyl (C=O) groups excluding carboxylic acids is 2. The third-order valence-corrected chi connectivity index (χ3v) is 4.52. The van der Waals surface area contributed by atoms with Crippen molar-refractivity contribution < 1.29 is 19.1 Å². The smallest absolute Gasteiger partial charge is 0.278 e. The van der Waals surface area contributed by atoms with Gasteiger partial charge in [-0.15, -0.1) is 0 Å². The summed E-state index contributed by atoms with van der Waals surface area (Å²) in [6, 6.07) is 16.7. The Morgan fingerprint density at radius 1 is 0.926 bits per heavy atom. The third kappa shape index (κ3) is 3.44. The SMILES string of the molecule is COCCN1C(=O)C(c2ccccc2OC)=C(N(C)c2ccccc2)C1=O. The van der Waals surface area contributed by atoms with Crippen LogP contribution in [-0.2, 0) is 14.3 Å². The van der Waals surface area contributed by atoms with Crippen molar-refractivity contribution in [3.63, 3.8) is 0 Å². The molecule has 2 amide bonds. The van der Waals surface area contributed by atoms with E-state index in [1.165, 1.54) is 12.0 Å². The number of hydrogen-bond donors (Lipinski definition) is 0. The molecule has 0 saturated heterocycles. The average Bonchev–Trinajstić information content (AvgIpc) is 2.96. The monoisotopic (exact) mass is 366 g/mol. The standard InChI is InChI=1S/C21H22N2O4/c1-22(15-9-5-4-6-10-15)19-18(16-11-7-8-12-17(16)27-3)20(24)23(21(19)25)13-14-26-2/h4-12H,13-14H2,1-3H3. The van der Waals surface area contributed by atoms with Gasteiger partial charge in [0.15, 0.2) is 0 Å². The fourth-order valence-electron chi connectivity index (χ4n) is 3.13. The van der Waals surface area contributed by atoms with Crippen LogP contribution in [-0.4, -0.2) is 51.1 Å². The number of imide groups is 1. The van der Waals surface area contributed by atoms with Crippen LogP contribution in [0.3, 0.4) is 0 Å². The zero-order chi connectivity index (χ0) is 19.4. The van der Waals surface area contributed by atoms with Crippen molar-refractivity contribution in [3.05, 3.63) is 65.9 Å². The van der Waals surface area contributed by atoms with Gasteiger partial charge in [-0.25, -0.2) is 0 Å². The van der Waals surface area contributed by atoms with Gasteiger partial charge in [-0.2, -0.15) is 0 Å². The van der Waals surface area contributed by atoms with Gasteiger partial charge >= 0.3 is 0 Å². The number of para-hydroxylation sites is 2. The third-order valence-electron chi connectivity index (χ3n) is 4.52. The molecule has 0 radical (unpaired) electrons. The number of benzene rings is 2. The van der Waals surface area contributed by atoms with Crippen molar-refractivity contribution >= 4 is 23.1 Å². The molecule has 0 saturated carbocycles. The van der Waals surface area contributed by atoms with E-state index in [0.717, 1.165) is 5.69 Å². The highest BCUT2D eigenvalue weighted by Gasteiger charge is 2.41. The Morgan fingerprint density at radius 3 is 2.26 bits per heavy atom. The van der Waals surface area contributed by atoms with E-state index in [0.29, 0.717) is 22.6 Å². The van der Waals surface area contributed by atoms with Gasteiger partial charge in [0.2, 0.25) is 0 Å². The highest BCUT2D eigenvalue weighted by Crippen LogP contribution is 2.37. The summed E-state index contributed by atoms with van der Waals surface area (Å²) in [5.41, 5.74) is 2.07. The molecule has 140 valence electrons. The van der Waals surface area contributed by atoms with Gasteiger partial charge < -0.3 is 14.4 Å². The van der Waals surface area contributed by atoms with Gasteiger partial charge in [-0.1, -0.05) is 36.4 Å². The van der Waals surface area contributed by atoms with Crippen molar-refractivity contribution in [1.82, 2.24) is 4.90 Å². The zero-order valence-corrected chi connectivity index (χ0v) is 15.6. The first-order chi connectivity index (χ1) is 13.1. The molecule has 27 heavy (non-hydrogen) atoms. The van der Waals surface area contributed by atoms with E-state index in [2.05, 4.69) is 0 Å². The van der Waals surface area contributed by atoms with E-state index < -0.39 is 0 Å². The summed E-state index contributed by atoms with van der Waals surface area (Å²) >= 11 is 0. The molecule has 0 N–H and O–H groups in total. The molecule has 2 aromatic carbocycles. The van der Waals surface area contributed by atoms with Gasteiger partial charge in [0.25, 0.3) is 11.8 Å². The number of carbonyl (C=O) groups is 2. The summed E-state index contributed by atoms with van der Waals surface area (Å²) in [6.45, 7) is 0.470. The lowest BCUT2D eigenvalue weighted by Gasteiger charge is -2.21. The lowest BCUT2D eigenvalue weighted by molar-refractivity contribution is -0.137. The van der Waals surface area contributed by atoms with Crippen LogP contribution in [0.2, 0.25) is 0 Å². The van der Waals surface area contributed by atoms with Gasteiger partial charge in [0.05, 0.1) is 25.8 Å². The number of anilines is 1. The molecule has 0 aromatic heterocycles. The van der Waals surface area contributed by atoms with Crippen LogP contribution in [0.15, 0.2) is 60.3 Å². The van der Waals surface area contributed by atoms with Crippen molar-refractivity contribution in [3.8, 4) is 5.75 Å². The van der Waals surface area contributed by atoms with Crippen molar-refractivity contribution in [2.45, 2.75) is 0 Å². The number of amides is 2. The maximum absolute atomic E-state index is 13.1. The second kappa shape index (κ2) is 8.05. The van der Waals surface area contributed by atoms with Crippen LogP contribution in [0.5, 0.6) is 5.75 Å². The molecule has 0 atom stereocenters. The van der Waals surface area contributed by atoms with Gasteiger partial charge in [0.1, 0.15) is 11.4 Å². The molecule has 3 rings (SSSR count). The van der Waals surface area contributed by atoms with Crippen LogP contribution in [0, 0.1) is 0 Å². The normalized spacial score (nSPS) is 14.1. The summed E-state index contributed by atoms with van der Waals surface area (Å²) in [5.74, 6) is -0.148. The highest BCUT2D eigenvalue weighted by atomic mass is 16.5. The van der Waals surface area contributed by atoms with Gasteiger partial charge in [-0.3, -0.25) is 14.5 Å². The lowest BCUT2D eigenvalue weighted by Crippen LogP contribution is -2.36. The van der Waals surface area contributed by atoms with E-state index >= 15 is 0 Å². The average molecular weight is 366 g/mol. The van der Waals surface area contributed by atoms with E-state index in [1.807, 2.05) is 42.5 Å². The molecular formula is C21H22N2O4. The molecule has 6 nitrogen and oxygen atoms in total. The van der Waals surface area contributed by atoms with E-state index in [1.54, 1.807) is 31.2 Å². The minimum atomic E-state index is -0.348. The number of methoxy groups -OCH3 is 2. The molecular weight excluding hydrogens is 344 g/mol. The Labute approximate surface area is 158 Å². The van der Waals surface area contributed by atoms with Crippen LogP contribution >= 0.6 is 0 Å². The molecule has 0 unspecified atom stereocenters. The Bertz CT molecular complexity index is 877. The minimum Gasteiger partial charge on any atom is -0.496 e. The van der Waals surface area contributed by atoms with Gasteiger partial charge in [0, 0.05) is 25.4 Å². The molecule has 0 spiro atoms. The van der Waals surface area contributed by atoms with Crippen LogP contribution in [0.1, 0.15) is 5.56 Å². The first kappa shape index (κ1) is 18.7. The Balaban J connectivity index is 2.15. The summed E-state index contributed by atoms with van der Waals surface area (Å²) in [6.07, 6.45) is 0. The van der Waals surface area contributed by atoms with Gasteiger partial charge in [-0.05, 0) is 18.2 Å². The van der Waals surface area contributed by atoms with E-state index in [9.17, 15) is 9.59 Å². The quantitative estimate of drug-likeness (QED) is 0.705. The number of nitrogens with zero attached hydrogens (tertiary/aromatic N) is 2. The summed E-state index contributed by atoms with van der Waals surface area (Å²) < 4.78 is 10.5. The van der Waals surface area contributed by atoms with Crippen molar-refractivity contribution in [2.24, 2.45) is 0 Å². The first-order valence-electron chi connectivity index (χ1n) is 8.61. The van der Waals surface area contributed by atoms with E-state index in [-0.39, 0.29) is 25.0 Å². The van der Waals surface area contributed by atoms with Crippen LogP contribution in [0.4, 0.5) is 5.69 Å². The number of rotatable bonds is 7. The Hall–Kier alpha value is -3.12. The summed E-state index contributed by atoms with van der Waals surface area (Å²) in [5, 5.41) is 0. The molecule has 0 fully saturated rings. The molecule has 6 heteroatoms. The second-order valence-electron chi connectivity index (χ2n) is 6.07. The fourth-order valence-corrected chi connectivity index (χ4v) is 3.13. The highest BCUT2D eigenvalue weighted by molar-refractivity contribution is 6.37. The minimum absolute atomic E-state index is 0.193. The maximum Gasteiger partial charge on any atom is 0.278 e. The van der Waals surface area contributed by atoms with Crippen LogP contribution < -0.4 is 9.64 Å². The molecule has 1 aliphatic rings. The molecule has 2 aromatic rings. The lowest BCUT2D eigenvalue weighted by atomic mass is 10.0. The second-order valence-corrected chi connectivity index (χ2v) is 6.07. The first-order valence-corrected chi connectivity index (χ1v) is 8.61. The summed E-state index contributed by atoms with van der Waals surface area (Å²) in [4.78, 5) is 29.2. The number of likely N-dealkylation sites (N-methyl/N-ethyl adjacent to an activating group) is 1. The van der Waals surface area contributed by atoms with Crippen molar-refractivity contribution in [2.75, 3.05) is 39.3 Å². The molecule has 0 aliphatic carbocycles. The van der Waals surface area contributed by atoms with Crippen LogP contribution in [0.25, 0.3) is 5.57 Å². The summed E-state index contributed by atoms with van der Waals surface area (Å²) in [7, 11) is 4.87. The fraction of sp³-hybridized carbons (Fsp3) is 0.238. The van der Waals surface area contributed by atoms with E-state index in [4.69, 9.17) is 9.47 Å². The molecule has 1 aliphatic heterocycles. The molecule has 0 bridgehead atoms. The topological polar surface area (TPSA) is 59.1 Å². The maximum atomic E-state index is 13.1. The Kier molecular flexibility index (Phi) is 5.57. The predicted octanol–water partition coefficient (Wildman–Crippen LogP) is 2.56. The number of hydrogen-bond acceptors (Lipinski definition) is 5. The predicted molar refractivity (Wildman–Crippen MR) is 103 cm³/mol. The number of ether oxygens (including phenoxy) is 2. The molecule has 1 heterocycles.